The second-order valence-electron chi connectivity index (χ2n) is 10.5. The summed E-state index contributed by atoms with van der Waals surface area (Å²) in [5.74, 6) is 0.269. The number of amides is 2. The van der Waals surface area contributed by atoms with E-state index in [0.717, 1.165) is 22.7 Å². The second kappa shape index (κ2) is 17.3. The van der Waals surface area contributed by atoms with Gasteiger partial charge in [-0.25, -0.2) is 8.42 Å². The number of carbonyl (C=O) groups excluding carboxylic acids is 2. The molecule has 0 spiro atoms. The van der Waals surface area contributed by atoms with E-state index in [9.17, 15) is 18.0 Å². The summed E-state index contributed by atoms with van der Waals surface area (Å²) >= 11 is 0. The fourth-order valence-electron chi connectivity index (χ4n) is 5.01. The monoisotopic (exact) mass is 655 g/mol. The van der Waals surface area contributed by atoms with Crippen LogP contribution in [0.3, 0.4) is 0 Å². The molecule has 3 aromatic rings. The van der Waals surface area contributed by atoms with E-state index >= 15 is 0 Å². The second-order valence-corrected chi connectivity index (χ2v) is 12.3. The Bertz CT molecular complexity index is 1550. The smallest absolute Gasteiger partial charge is 0.265 e. The molecule has 0 saturated carbocycles. The van der Waals surface area contributed by atoms with Crippen molar-refractivity contribution in [1.29, 1.82) is 0 Å². The molecule has 0 radical (unpaired) electrons. The molecule has 0 aliphatic heterocycles. The Morgan fingerprint density at radius 3 is 2.11 bits per heavy atom. The lowest BCUT2D eigenvalue weighted by atomic mass is 10.1. The van der Waals surface area contributed by atoms with E-state index in [1.165, 1.54) is 57.6 Å². The molecule has 3 aromatic carbocycles. The van der Waals surface area contributed by atoms with Crippen molar-refractivity contribution in [3.05, 3.63) is 72.3 Å². The molecule has 2 amide bonds. The standard InChI is InChI=1S/C34H45N3O8S/c1-7-9-20-35-34(39)28(8-2)36(21-19-25-13-11-10-12-14-25)33(38)24-37(29-22-26(42-3)15-17-30(29)43-4)46(40,41)27-16-18-31(44-5)32(23-27)45-6/h10-18,22-23,28H,7-9,19-21,24H2,1-6H3,(H,35,39). The van der Waals surface area contributed by atoms with Gasteiger partial charge in [0.25, 0.3) is 10.0 Å². The first-order chi connectivity index (χ1) is 22.1. The molecule has 0 aliphatic carbocycles. The van der Waals surface area contributed by atoms with E-state index in [2.05, 4.69) is 5.32 Å². The molecule has 11 nitrogen and oxygen atoms in total. The number of ether oxygens (including phenoxy) is 4. The van der Waals surface area contributed by atoms with E-state index in [-0.39, 0.29) is 34.5 Å². The van der Waals surface area contributed by atoms with Gasteiger partial charge in [0.2, 0.25) is 11.8 Å². The van der Waals surface area contributed by atoms with Crippen LogP contribution in [0.4, 0.5) is 5.69 Å². The highest BCUT2D eigenvalue weighted by atomic mass is 32.2. The van der Waals surface area contributed by atoms with E-state index in [1.807, 2.05) is 44.2 Å². The fraction of sp³-hybridized carbons (Fsp3) is 0.412. The average molecular weight is 656 g/mol. The van der Waals surface area contributed by atoms with Gasteiger partial charge in [-0.1, -0.05) is 50.6 Å². The molecule has 0 heterocycles. The zero-order chi connectivity index (χ0) is 33.7. The van der Waals surface area contributed by atoms with Crippen LogP contribution in [-0.2, 0) is 26.0 Å². The molecule has 0 fully saturated rings. The largest absolute Gasteiger partial charge is 0.497 e. The van der Waals surface area contributed by atoms with Crippen LogP contribution in [0.2, 0.25) is 0 Å². The Balaban J connectivity index is 2.13. The van der Waals surface area contributed by atoms with Gasteiger partial charge in [-0.3, -0.25) is 13.9 Å². The summed E-state index contributed by atoms with van der Waals surface area (Å²) in [6.45, 7) is 3.92. The lowest BCUT2D eigenvalue weighted by Gasteiger charge is -2.33. The predicted octanol–water partition coefficient (Wildman–Crippen LogP) is 4.68. The lowest BCUT2D eigenvalue weighted by molar-refractivity contribution is -0.139. The molecule has 0 bridgehead atoms. The Labute approximate surface area is 272 Å². The number of hydrogen-bond acceptors (Lipinski definition) is 8. The number of unbranched alkanes of at least 4 members (excludes halogenated alkanes) is 1. The van der Waals surface area contributed by atoms with Crippen LogP contribution in [-0.4, -0.2) is 79.2 Å². The number of hydrogen-bond donors (Lipinski definition) is 1. The highest BCUT2D eigenvalue weighted by Gasteiger charge is 2.35. The summed E-state index contributed by atoms with van der Waals surface area (Å²) in [6, 6.07) is 17.7. The van der Waals surface area contributed by atoms with E-state index in [0.29, 0.717) is 30.9 Å². The third kappa shape index (κ3) is 8.84. The molecule has 46 heavy (non-hydrogen) atoms. The van der Waals surface area contributed by atoms with Gasteiger partial charge in [-0.15, -0.1) is 0 Å². The molecule has 12 heteroatoms. The number of rotatable bonds is 18. The summed E-state index contributed by atoms with van der Waals surface area (Å²) in [5, 5.41) is 2.94. The Hall–Kier alpha value is -4.45. The Kier molecular flexibility index (Phi) is 13.5. The van der Waals surface area contributed by atoms with Gasteiger partial charge in [0, 0.05) is 25.2 Å². The van der Waals surface area contributed by atoms with Crippen LogP contribution in [0.25, 0.3) is 0 Å². The molecule has 250 valence electrons. The predicted molar refractivity (Wildman–Crippen MR) is 177 cm³/mol. The first-order valence-corrected chi connectivity index (χ1v) is 16.7. The first-order valence-electron chi connectivity index (χ1n) is 15.2. The molecule has 0 aromatic heterocycles. The zero-order valence-electron chi connectivity index (χ0n) is 27.4. The minimum atomic E-state index is -4.42. The number of sulfonamides is 1. The van der Waals surface area contributed by atoms with Crippen molar-refractivity contribution in [3.8, 4) is 23.0 Å². The molecule has 3 rings (SSSR count). The Morgan fingerprint density at radius 1 is 0.826 bits per heavy atom. The number of nitrogens with zero attached hydrogens (tertiary/aromatic N) is 2. The van der Waals surface area contributed by atoms with Crippen LogP contribution in [0, 0.1) is 0 Å². The van der Waals surface area contributed by atoms with Gasteiger partial charge in [0.15, 0.2) is 11.5 Å². The SMILES string of the molecule is CCCCNC(=O)C(CC)N(CCc1ccccc1)C(=O)CN(c1cc(OC)ccc1OC)S(=O)(=O)c1ccc(OC)c(OC)c1. The van der Waals surface area contributed by atoms with Gasteiger partial charge in [0.1, 0.15) is 24.1 Å². The number of benzene rings is 3. The van der Waals surface area contributed by atoms with Gasteiger partial charge in [0.05, 0.1) is 39.0 Å². The zero-order valence-corrected chi connectivity index (χ0v) is 28.3. The average Bonchev–Trinajstić information content (AvgIpc) is 3.08. The molecule has 1 atom stereocenters. The van der Waals surface area contributed by atoms with Gasteiger partial charge in [-0.2, -0.15) is 0 Å². The number of carbonyl (C=O) groups is 2. The maximum atomic E-state index is 14.4. The molecular formula is C34H45N3O8S. The fourth-order valence-corrected chi connectivity index (χ4v) is 6.44. The summed E-state index contributed by atoms with van der Waals surface area (Å²) < 4.78 is 51.5. The highest BCUT2D eigenvalue weighted by molar-refractivity contribution is 7.92. The van der Waals surface area contributed by atoms with E-state index in [1.54, 1.807) is 12.1 Å². The van der Waals surface area contributed by atoms with Crippen LogP contribution in [0.5, 0.6) is 23.0 Å². The van der Waals surface area contributed by atoms with Crippen LogP contribution >= 0.6 is 0 Å². The highest BCUT2D eigenvalue weighted by Crippen LogP contribution is 2.37. The maximum absolute atomic E-state index is 14.4. The van der Waals surface area contributed by atoms with Crippen LogP contribution in [0.1, 0.15) is 38.7 Å². The van der Waals surface area contributed by atoms with Gasteiger partial charge < -0.3 is 29.2 Å². The van der Waals surface area contributed by atoms with Crippen molar-refractivity contribution in [1.82, 2.24) is 10.2 Å². The summed E-state index contributed by atoms with van der Waals surface area (Å²) in [5.41, 5.74) is 1.07. The number of methoxy groups -OCH3 is 4. The summed E-state index contributed by atoms with van der Waals surface area (Å²) in [4.78, 5) is 29.1. The third-order valence-electron chi connectivity index (χ3n) is 7.58. The quantitative estimate of drug-likeness (QED) is 0.196. The van der Waals surface area contributed by atoms with Crippen LogP contribution in [0.15, 0.2) is 71.6 Å². The number of anilines is 1. The number of nitrogens with one attached hydrogen (secondary N) is 1. The summed E-state index contributed by atoms with van der Waals surface area (Å²) in [6.07, 6.45) is 2.51. The van der Waals surface area contributed by atoms with Crippen LogP contribution < -0.4 is 28.6 Å². The molecule has 0 aliphatic rings. The van der Waals surface area contributed by atoms with Crippen molar-refractivity contribution < 1.29 is 37.0 Å². The molecule has 1 unspecified atom stereocenters. The van der Waals surface area contributed by atoms with Gasteiger partial charge in [-0.05, 0) is 49.1 Å². The normalized spacial score (nSPS) is 11.7. The minimum Gasteiger partial charge on any atom is -0.497 e. The first kappa shape index (κ1) is 36.0. The van der Waals surface area contributed by atoms with E-state index in [4.69, 9.17) is 18.9 Å². The topological polar surface area (TPSA) is 124 Å². The van der Waals surface area contributed by atoms with Crippen molar-refractivity contribution >= 4 is 27.5 Å². The maximum Gasteiger partial charge on any atom is 0.265 e. The molecular weight excluding hydrogens is 610 g/mol. The van der Waals surface area contributed by atoms with E-state index < -0.39 is 28.5 Å². The van der Waals surface area contributed by atoms with Crippen molar-refractivity contribution in [2.45, 2.75) is 50.5 Å². The third-order valence-corrected chi connectivity index (χ3v) is 9.33. The van der Waals surface area contributed by atoms with Crippen molar-refractivity contribution in [3.63, 3.8) is 0 Å². The van der Waals surface area contributed by atoms with Crippen molar-refractivity contribution in [2.75, 3.05) is 52.4 Å². The molecule has 0 saturated heterocycles. The minimum absolute atomic E-state index is 0.0911. The molecule has 1 N–H and O–H groups in total. The van der Waals surface area contributed by atoms with Crippen molar-refractivity contribution in [2.24, 2.45) is 0 Å². The van der Waals surface area contributed by atoms with Gasteiger partial charge >= 0.3 is 0 Å². The summed E-state index contributed by atoms with van der Waals surface area (Å²) in [7, 11) is 1.30. The lowest BCUT2D eigenvalue weighted by Crippen LogP contribution is -2.53. The Morgan fingerprint density at radius 2 is 1.50 bits per heavy atom.